The van der Waals surface area contributed by atoms with Crippen molar-refractivity contribution in [1.82, 2.24) is 10.1 Å². The van der Waals surface area contributed by atoms with Crippen molar-refractivity contribution in [1.29, 1.82) is 0 Å². The molecule has 0 aliphatic heterocycles. The molecule has 0 atom stereocenters. The number of hydrogen-bond acceptors (Lipinski definition) is 7. The van der Waals surface area contributed by atoms with E-state index in [-0.39, 0.29) is 10.8 Å². The zero-order chi connectivity index (χ0) is 24.3. The van der Waals surface area contributed by atoms with Gasteiger partial charge < -0.3 is 20.0 Å². The molecular weight excluding hydrogens is 478 g/mol. The third-order valence-corrected chi connectivity index (χ3v) is 5.03. The lowest BCUT2D eigenvalue weighted by Gasteiger charge is -2.16. The maximum atomic E-state index is 13.1. The van der Waals surface area contributed by atoms with Crippen LogP contribution in [0.25, 0.3) is 11.4 Å². The Balaban J connectivity index is 1.45. The van der Waals surface area contributed by atoms with E-state index in [4.69, 9.17) is 22.2 Å². The molecule has 34 heavy (non-hydrogen) atoms. The highest BCUT2D eigenvalue weighted by Gasteiger charge is 2.38. The topological polar surface area (TPSA) is 98.2 Å². The molecule has 0 aliphatic rings. The lowest BCUT2D eigenvalue weighted by atomic mass is 10.1. The Morgan fingerprint density at radius 2 is 1.71 bits per heavy atom. The summed E-state index contributed by atoms with van der Waals surface area (Å²) < 4.78 is 60.9. The molecule has 0 saturated heterocycles. The van der Waals surface area contributed by atoms with E-state index in [1.165, 1.54) is 24.3 Å². The fourth-order valence-electron chi connectivity index (χ4n) is 2.98. The number of hydrogen-bond donors (Lipinski definition) is 3. The summed E-state index contributed by atoms with van der Waals surface area (Å²) in [6, 6.07) is 15.4. The van der Waals surface area contributed by atoms with Gasteiger partial charge in [0, 0.05) is 12.1 Å². The molecule has 0 spiro atoms. The normalized spacial score (nSPS) is 11.4. The average molecular weight is 494 g/mol. The lowest BCUT2D eigenvalue weighted by molar-refractivity contribution is -0.159. The van der Waals surface area contributed by atoms with Crippen LogP contribution in [-0.2, 0) is 12.7 Å². The van der Waals surface area contributed by atoms with E-state index in [1.807, 2.05) is 0 Å². The van der Waals surface area contributed by atoms with Crippen LogP contribution in [-0.4, -0.2) is 10.1 Å². The number of ether oxygens (including phenoxy) is 1. The molecule has 1 heterocycles. The van der Waals surface area contributed by atoms with Crippen LogP contribution in [0.15, 0.2) is 65.2 Å². The average Bonchev–Trinajstić information content (AvgIpc) is 3.32. The Morgan fingerprint density at radius 1 is 1.00 bits per heavy atom. The van der Waals surface area contributed by atoms with Crippen molar-refractivity contribution in [2.24, 2.45) is 5.84 Å². The third-order valence-electron chi connectivity index (χ3n) is 4.66. The van der Waals surface area contributed by atoms with Crippen molar-refractivity contribution in [3.63, 3.8) is 0 Å². The molecule has 0 unspecified atom stereocenters. The van der Waals surface area contributed by atoms with E-state index in [1.54, 1.807) is 36.4 Å². The van der Waals surface area contributed by atoms with Crippen molar-refractivity contribution in [3.05, 3.63) is 83.0 Å². The molecule has 7 nitrogen and oxygen atoms in total. The van der Waals surface area contributed by atoms with Crippen LogP contribution >= 0.6 is 11.6 Å². The van der Waals surface area contributed by atoms with Crippen LogP contribution in [0.5, 0.6) is 11.5 Å². The van der Waals surface area contributed by atoms with Gasteiger partial charge in [-0.15, -0.1) is 0 Å². The monoisotopic (exact) mass is 493 g/mol. The summed E-state index contributed by atoms with van der Waals surface area (Å²) in [6.45, 7) is 0.351. The van der Waals surface area contributed by atoms with Crippen LogP contribution in [0.3, 0.4) is 0 Å². The van der Waals surface area contributed by atoms with Gasteiger partial charge in [0.15, 0.2) is 0 Å². The Morgan fingerprint density at radius 3 is 2.32 bits per heavy atom. The molecule has 0 radical (unpaired) electrons. The molecule has 4 rings (SSSR count). The van der Waals surface area contributed by atoms with E-state index >= 15 is 0 Å². The summed E-state index contributed by atoms with van der Waals surface area (Å²) >= 11 is 6.42. The minimum atomic E-state index is -4.70. The highest BCUT2D eigenvalue weighted by atomic mass is 35.5. The fraction of sp³-hybridized carbons (Fsp3) is 0.0909. The largest absolute Gasteiger partial charge is 0.471 e. The van der Waals surface area contributed by atoms with E-state index in [2.05, 4.69) is 25.4 Å². The van der Waals surface area contributed by atoms with Gasteiger partial charge >= 0.3 is 12.1 Å². The molecule has 0 saturated carbocycles. The van der Waals surface area contributed by atoms with Gasteiger partial charge in [-0.3, -0.25) is 5.84 Å². The second-order valence-electron chi connectivity index (χ2n) is 6.97. The minimum Gasteiger partial charge on any atom is -0.456 e. The number of rotatable bonds is 7. The zero-order valence-electron chi connectivity index (χ0n) is 17.2. The Kier molecular flexibility index (Phi) is 6.57. The Hall–Kier alpha value is -3.83. The summed E-state index contributed by atoms with van der Waals surface area (Å²) in [5, 5.41) is 6.75. The van der Waals surface area contributed by atoms with Crippen LogP contribution in [0.2, 0.25) is 5.02 Å². The summed E-state index contributed by atoms with van der Waals surface area (Å²) in [7, 11) is 0. The van der Waals surface area contributed by atoms with Crippen molar-refractivity contribution in [2.45, 2.75) is 12.7 Å². The number of aromatic nitrogens is 2. The first-order valence-electron chi connectivity index (χ1n) is 9.71. The maximum absolute atomic E-state index is 13.1. The fourth-order valence-corrected chi connectivity index (χ4v) is 3.24. The second-order valence-corrected chi connectivity index (χ2v) is 7.35. The summed E-state index contributed by atoms with van der Waals surface area (Å²) in [4.78, 5) is 3.36. The molecule has 12 heteroatoms. The smallest absolute Gasteiger partial charge is 0.456 e. The second kappa shape index (κ2) is 9.57. The Labute approximate surface area is 195 Å². The SMILES string of the molecule is NNc1c(NCc2ccc(-c3noc(C(F)(F)F)n3)cc2)ccc(Oc2ccc(F)cc2)c1Cl. The number of nitrogens with one attached hydrogen (secondary N) is 2. The lowest BCUT2D eigenvalue weighted by Crippen LogP contribution is -2.11. The highest BCUT2D eigenvalue weighted by molar-refractivity contribution is 6.35. The number of anilines is 2. The van der Waals surface area contributed by atoms with Gasteiger partial charge in [0.2, 0.25) is 5.82 Å². The highest BCUT2D eigenvalue weighted by Crippen LogP contribution is 2.40. The molecule has 0 aliphatic carbocycles. The predicted octanol–water partition coefficient (Wildman–Crippen LogP) is 6.24. The van der Waals surface area contributed by atoms with Gasteiger partial charge in [-0.1, -0.05) is 41.0 Å². The van der Waals surface area contributed by atoms with Gasteiger partial charge in [0.05, 0.1) is 11.4 Å². The first-order chi connectivity index (χ1) is 16.2. The van der Waals surface area contributed by atoms with E-state index in [9.17, 15) is 17.6 Å². The molecule has 3 aromatic carbocycles. The molecule has 176 valence electrons. The van der Waals surface area contributed by atoms with Gasteiger partial charge in [-0.2, -0.15) is 18.2 Å². The number of nitrogen functional groups attached to an aromatic ring is 1. The zero-order valence-corrected chi connectivity index (χ0v) is 17.9. The number of nitrogens with zero attached hydrogens (tertiary/aromatic N) is 2. The molecule has 4 N–H and O–H groups in total. The first-order valence-corrected chi connectivity index (χ1v) is 10.1. The number of hydrazine groups is 1. The maximum Gasteiger partial charge on any atom is 0.471 e. The van der Waals surface area contributed by atoms with Gasteiger partial charge in [-0.25, -0.2) is 4.39 Å². The van der Waals surface area contributed by atoms with E-state index in [0.717, 1.165) is 5.56 Å². The number of alkyl halides is 3. The van der Waals surface area contributed by atoms with Crippen molar-refractivity contribution in [2.75, 3.05) is 10.7 Å². The molecule has 4 aromatic rings. The van der Waals surface area contributed by atoms with Crippen molar-refractivity contribution >= 4 is 23.0 Å². The molecule has 0 bridgehead atoms. The quantitative estimate of drug-likeness (QED) is 0.159. The predicted molar refractivity (Wildman–Crippen MR) is 118 cm³/mol. The van der Waals surface area contributed by atoms with Crippen LogP contribution in [0.4, 0.5) is 28.9 Å². The minimum absolute atomic E-state index is 0.162. The Bertz CT molecular complexity index is 1280. The van der Waals surface area contributed by atoms with E-state index < -0.39 is 17.9 Å². The van der Waals surface area contributed by atoms with Crippen molar-refractivity contribution < 1.29 is 26.8 Å². The van der Waals surface area contributed by atoms with Crippen molar-refractivity contribution in [3.8, 4) is 22.9 Å². The summed E-state index contributed by atoms with van der Waals surface area (Å²) in [5.41, 5.74) is 4.67. The number of benzene rings is 3. The standard InChI is InChI=1S/C22H16ClF4N5O2/c23-18-17(33-15-7-5-14(24)6-8-15)10-9-16(19(18)31-28)29-11-12-1-3-13(4-2-12)20-30-21(34-32-20)22(25,26)27/h1-10,29,31H,11,28H2. The summed E-state index contributed by atoms with van der Waals surface area (Å²) in [5.74, 6) is 4.39. The first kappa shape index (κ1) is 23.3. The number of halogens is 5. The van der Waals surface area contributed by atoms with Gasteiger partial charge in [-0.05, 0) is 42.0 Å². The van der Waals surface area contributed by atoms with Gasteiger partial charge in [0.1, 0.15) is 22.3 Å². The molecule has 0 fully saturated rings. The molecule has 1 aromatic heterocycles. The van der Waals surface area contributed by atoms with Crippen LogP contribution in [0, 0.1) is 5.82 Å². The van der Waals surface area contributed by atoms with Crippen LogP contribution in [0.1, 0.15) is 11.5 Å². The molecule has 0 amide bonds. The molecular formula is C22H16ClF4N5O2. The van der Waals surface area contributed by atoms with Gasteiger partial charge in [0.25, 0.3) is 0 Å². The third kappa shape index (κ3) is 5.21. The van der Waals surface area contributed by atoms with E-state index in [0.29, 0.717) is 35.0 Å². The summed E-state index contributed by atoms with van der Waals surface area (Å²) in [6.07, 6.45) is -4.70. The van der Waals surface area contributed by atoms with Crippen LogP contribution < -0.4 is 21.3 Å². The number of nitrogens with two attached hydrogens (primary N) is 1.